The van der Waals surface area contributed by atoms with Crippen molar-refractivity contribution < 1.29 is 23.6 Å². The maximum absolute atomic E-state index is 13.6. The van der Waals surface area contributed by atoms with Crippen molar-refractivity contribution >= 4 is 67.8 Å². The molecule has 3 aromatic heterocycles. The first-order valence-electron chi connectivity index (χ1n) is 12.8. The number of pyridine rings is 2. The summed E-state index contributed by atoms with van der Waals surface area (Å²) >= 11 is 12.5. The summed E-state index contributed by atoms with van der Waals surface area (Å²) in [6.07, 6.45) is 3.51. The molecule has 204 valence electrons. The second kappa shape index (κ2) is 10.8. The summed E-state index contributed by atoms with van der Waals surface area (Å²) < 4.78 is 14.7. The molecule has 0 spiro atoms. The molecule has 0 aliphatic carbocycles. The van der Waals surface area contributed by atoms with E-state index in [0.717, 1.165) is 27.2 Å². The zero-order valence-electron chi connectivity index (χ0n) is 22.2. The molecule has 0 radical (unpaired) electrons. The van der Waals surface area contributed by atoms with Gasteiger partial charge in [-0.2, -0.15) is 4.57 Å². The molecular formula is C32H24Cl2N3O4+. The number of carbonyl (C=O) groups excluding carboxylic acids is 2. The first-order valence-corrected chi connectivity index (χ1v) is 13.6. The molecule has 0 unspecified atom stereocenters. The highest BCUT2D eigenvalue weighted by Crippen LogP contribution is 2.31. The number of carbonyl (C=O) groups is 2. The second-order valence-corrected chi connectivity index (χ2v) is 10.4. The van der Waals surface area contributed by atoms with Crippen molar-refractivity contribution in [2.75, 3.05) is 7.11 Å². The molecule has 0 N–H and O–H groups in total. The Labute approximate surface area is 245 Å². The van der Waals surface area contributed by atoms with Gasteiger partial charge in [0.2, 0.25) is 5.52 Å². The minimum atomic E-state index is -0.440. The van der Waals surface area contributed by atoms with E-state index >= 15 is 0 Å². The van der Waals surface area contributed by atoms with Crippen LogP contribution in [0.25, 0.3) is 32.7 Å². The Balaban J connectivity index is 1.33. The predicted octanol–water partition coefficient (Wildman–Crippen LogP) is 6.69. The molecule has 0 fully saturated rings. The van der Waals surface area contributed by atoms with Gasteiger partial charge in [-0.15, -0.1) is 0 Å². The average Bonchev–Trinajstić information content (AvgIpc) is 3.25. The molecule has 3 heterocycles. The largest absolute Gasteiger partial charge is 0.497 e. The Bertz CT molecular complexity index is 1980. The van der Waals surface area contributed by atoms with Crippen molar-refractivity contribution in [3.05, 3.63) is 112 Å². The number of aromatic nitrogens is 3. The summed E-state index contributed by atoms with van der Waals surface area (Å²) in [7, 11) is 1.57. The van der Waals surface area contributed by atoms with Gasteiger partial charge in [-0.25, -0.2) is 4.98 Å². The number of hydrogen-bond donors (Lipinski definition) is 0. The number of fused-ring (bicyclic) bond motifs is 4. The maximum Gasteiger partial charge on any atom is 0.315 e. The van der Waals surface area contributed by atoms with Gasteiger partial charge in [0.25, 0.3) is 12.6 Å². The summed E-state index contributed by atoms with van der Waals surface area (Å²) in [4.78, 5) is 31.4. The summed E-state index contributed by atoms with van der Waals surface area (Å²) in [5.74, 6) is -0.0458. The zero-order valence-corrected chi connectivity index (χ0v) is 23.7. The van der Waals surface area contributed by atoms with Crippen LogP contribution >= 0.6 is 23.2 Å². The van der Waals surface area contributed by atoms with Crippen LogP contribution in [0.15, 0.2) is 85.2 Å². The van der Waals surface area contributed by atoms with Gasteiger partial charge in [0.15, 0.2) is 6.20 Å². The van der Waals surface area contributed by atoms with Gasteiger partial charge in [-0.3, -0.25) is 14.2 Å². The number of halogens is 2. The van der Waals surface area contributed by atoms with Crippen molar-refractivity contribution in [2.24, 2.45) is 0 Å². The van der Waals surface area contributed by atoms with Crippen LogP contribution in [0.1, 0.15) is 21.6 Å². The lowest BCUT2D eigenvalue weighted by molar-refractivity contribution is -0.703. The molecule has 7 nitrogen and oxygen atoms in total. The number of hydrogen-bond acceptors (Lipinski definition) is 5. The highest BCUT2D eigenvalue weighted by atomic mass is 35.5. The molecule has 0 aliphatic rings. The summed E-state index contributed by atoms with van der Waals surface area (Å²) in [6, 6.07) is 21.6. The van der Waals surface area contributed by atoms with Gasteiger partial charge in [0.1, 0.15) is 11.3 Å². The molecule has 0 bridgehead atoms. The van der Waals surface area contributed by atoms with E-state index in [0.29, 0.717) is 38.1 Å². The van der Waals surface area contributed by atoms with Gasteiger partial charge in [-0.05, 0) is 79.2 Å². The average molecular weight is 585 g/mol. The van der Waals surface area contributed by atoms with Crippen molar-refractivity contribution in [3.8, 4) is 5.75 Å². The quantitative estimate of drug-likeness (QED) is 0.124. The molecule has 0 amide bonds. The van der Waals surface area contributed by atoms with Crippen LogP contribution in [-0.2, 0) is 22.7 Å². The van der Waals surface area contributed by atoms with Crippen molar-refractivity contribution in [1.29, 1.82) is 0 Å². The molecule has 0 aliphatic heterocycles. The third kappa shape index (κ3) is 4.88. The van der Waals surface area contributed by atoms with Gasteiger partial charge >= 0.3 is 5.97 Å². The predicted molar refractivity (Wildman–Crippen MR) is 159 cm³/mol. The van der Waals surface area contributed by atoms with Crippen LogP contribution < -0.4 is 9.30 Å². The molecule has 0 saturated heterocycles. The van der Waals surface area contributed by atoms with E-state index in [1.807, 2.05) is 60.2 Å². The normalized spacial score (nSPS) is 11.3. The lowest BCUT2D eigenvalue weighted by atomic mass is 10.1. The number of esters is 1. The van der Waals surface area contributed by atoms with Gasteiger partial charge in [0, 0.05) is 39.3 Å². The van der Waals surface area contributed by atoms with Crippen LogP contribution in [-0.4, -0.2) is 28.5 Å². The number of nitrogens with zero attached hydrogens (tertiary/aromatic N) is 3. The molecule has 3 aromatic carbocycles. The Kier molecular flexibility index (Phi) is 7.07. The van der Waals surface area contributed by atoms with E-state index in [4.69, 9.17) is 32.7 Å². The monoisotopic (exact) mass is 584 g/mol. The smallest absolute Gasteiger partial charge is 0.315 e. The minimum Gasteiger partial charge on any atom is -0.497 e. The molecule has 0 saturated carbocycles. The van der Waals surface area contributed by atoms with Crippen LogP contribution in [0.2, 0.25) is 10.0 Å². The van der Waals surface area contributed by atoms with Crippen LogP contribution in [0, 0.1) is 6.92 Å². The SMILES string of the molecule is COc1ccc2c(c1)c(CC(=O)OC[n+]1cccc3cc(Cl)c4cccnc4c31)c(C)n2C(=O)c1ccc(Cl)cc1. The number of methoxy groups -OCH3 is 1. The summed E-state index contributed by atoms with van der Waals surface area (Å²) in [5.41, 5.74) is 4.02. The third-order valence-electron chi connectivity index (χ3n) is 7.20. The van der Waals surface area contributed by atoms with E-state index in [2.05, 4.69) is 4.98 Å². The summed E-state index contributed by atoms with van der Waals surface area (Å²) in [5, 5.41) is 3.58. The molecule has 6 aromatic rings. The van der Waals surface area contributed by atoms with Crippen LogP contribution in [0.4, 0.5) is 0 Å². The third-order valence-corrected chi connectivity index (χ3v) is 7.76. The first-order chi connectivity index (χ1) is 19.9. The highest BCUT2D eigenvalue weighted by molar-refractivity contribution is 6.37. The fraction of sp³-hybridized carbons (Fsp3) is 0.125. The Morgan fingerprint density at radius 1 is 0.976 bits per heavy atom. The van der Waals surface area contributed by atoms with E-state index < -0.39 is 5.97 Å². The Morgan fingerprint density at radius 2 is 1.78 bits per heavy atom. The van der Waals surface area contributed by atoms with Gasteiger partial charge < -0.3 is 9.47 Å². The zero-order chi connectivity index (χ0) is 28.7. The lowest BCUT2D eigenvalue weighted by Gasteiger charge is -2.08. The molecule has 9 heteroatoms. The topological polar surface area (TPSA) is 74.3 Å². The van der Waals surface area contributed by atoms with E-state index in [-0.39, 0.29) is 19.1 Å². The second-order valence-electron chi connectivity index (χ2n) is 9.59. The number of benzene rings is 3. The standard InChI is InChI=1S/C32H24Cl2N3O4/c1-19-25(26-16-23(40-2)11-12-28(26)37(19)32(39)20-7-9-22(33)10-8-20)17-29(38)41-18-36-14-4-5-21-15-27(34)24-6-3-13-35-30(24)31(21)36/h3-16H,17-18H2,1-2H3/q+1. The fourth-order valence-electron chi connectivity index (χ4n) is 5.20. The summed E-state index contributed by atoms with van der Waals surface area (Å²) in [6.45, 7) is 1.80. The number of rotatable bonds is 6. The van der Waals surface area contributed by atoms with E-state index in [1.165, 1.54) is 0 Å². The number of ether oxygens (including phenoxy) is 2. The van der Waals surface area contributed by atoms with Crippen molar-refractivity contribution in [3.63, 3.8) is 0 Å². The van der Waals surface area contributed by atoms with E-state index in [9.17, 15) is 9.59 Å². The molecular weight excluding hydrogens is 561 g/mol. The molecule has 6 rings (SSSR count). The molecule has 41 heavy (non-hydrogen) atoms. The maximum atomic E-state index is 13.6. The van der Waals surface area contributed by atoms with Crippen molar-refractivity contribution in [1.82, 2.24) is 9.55 Å². The highest BCUT2D eigenvalue weighted by Gasteiger charge is 2.24. The minimum absolute atomic E-state index is 0.0196. The first kappa shape index (κ1) is 26.7. The van der Waals surface area contributed by atoms with Crippen LogP contribution in [0.5, 0.6) is 5.75 Å². The Morgan fingerprint density at radius 3 is 2.56 bits per heavy atom. The van der Waals surface area contributed by atoms with Gasteiger partial charge in [-0.1, -0.05) is 23.2 Å². The molecule has 0 atom stereocenters. The van der Waals surface area contributed by atoms with Crippen LogP contribution in [0.3, 0.4) is 0 Å². The Hall–Kier alpha value is -4.46. The lowest BCUT2D eigenvalue weighted by Crippen LogP contribution is -2.37. The van der Waals surface area contributed by atoms with Gasteiger partial charge in [0.05, 0.1) is 29.5 Å². The van der Waals surface area contributed by atoms with E-state index in [1.54, 1.807) is 48.2 Å². The fourth-order valence-corrected chi connectivity index (χ4v) is 5.60. The van der Waals surface area contributed by atoms with Crippen molar-refractivity contribution in [2.45, 2.75) is 20.1 Å².